The highest BCUT2D eigenvalue weighted by Gasteiger charge is 2.14. The standard InChI is InChI=1S/C12H20FN/c1-9(2)7-14-8-11-4-5-12(13)6-10(11)3/h5-6,9,11,14H,4,7-8H2,1-3H3. The quantitative estimate of drug-likeness (QED) is 0.730. The van der Waals surface area contributed by atoms with E-state index in [0.29, 0.717) is 11.8 Å². The Morgan fingerprint density at radius 1 is 1.57 bits per heavy atom. The lowest BCUT2D eigenvalue weighted by Crippen LogP contribution is -2.27. The van der Waals surface area contributed by atoms with Crippen LogP contribution in [0.25, 0.3) is 0 Å². The average molecular weight is 197 g/mol. The van der Waals surface area contributed by atoms with Gasteiger partial charge in [-0.05, 0) is 43.9 Å². The van der Waals surface area contributed by atoms with Crippen LogP contribution in [-0.2, 0) is 0 Å². The Balaban J connectivity index is 2.30. The van der Waals surface area contributed by atoms with Gasteiger partial charge in [-0.15, -0.1) is 0 Å². The average Bonchev–Trinajstić information content (AvgIpc) is 2.08. The Morgan fingerprint density at radius 3 is 2.86 bits per heavy atom. The second-order valence-electron chi connectivity index (χ2n) is 4.46. The molecule has 0 saturated heterocycles. The van der Waals surface area contributed by atoms with E-state index in [1.54, 1.807) is 12.2 Å². The van der Waals surface area contributed by atoms with E-state index in [1.165, 1.54) is 0 Å². The molecule has 80 valence electrons. The first kappa shape index (κ1) is 11.4. The third-order valence-electron chi connectivity index (χ3n) is 2.55. The lowest BCUT2D eigenvalue weighted by Gasteiger charge is -2.20. The van der Waals surface area contributed by atoms with Crippen LogP contribution in [0.3, 0.4) is 0 Å². The summed E-state index contributed by atoms with van der Waals surface area (Å²) in [4.78, 5) is 0. The maximum absolute atomic E-state index is 12.8. The van der Waals surface area contributed by atoms with Gasteiger partial charge < -0.3 is 5.32 Å². The van der Waals surface area contributed by atoms with E-state index >= 15 is 0 Å². The zero-order valence-corrected chi connectivity index (χ0v) is 9.31. The minimum Gasteiger partial charge on any atom is -0.316 e. The molecule has 0 radical (unpaired) electrons. The molecule has 0 amide bonds. The molecule has 0 saturated carbocycles. The van der Waals surface area contributed by atoms with Crippen molar-refractivity contribution in [3.05, 3.63) is 23.6 Å². The molecule has 0 aliphatic heterocycles. The zero-order chi connectivity index (χ0) is 10.6. The molecule has 1 aliphatic carbocycles. The number of hydrogen-bond donors (Lipinski definition) is 1. The Morgan fingerprint density at radius 2 is 2.29 bits per heavy atom. The highest BCUT2D eigenvalue weighted by Crippen LogP contribution is 2.23. The van der Waals surface area contributed by atoms with Crippen molar-refractivity contribution in [1.82, 2.24) is 5.32 Å². The van der Waals surface area contributed by atoms with Crippen molar-refractivity contribution in [1.29, 1.82) is 0 Å². The minimum atomic E-state index is -0.0809. The molecule has 0 fully saturated rings. The van der Waals surface area contributed by atoms with Crippen LogP contribution in [0.2, 0.25) is 0 Å². The Bertz CT molecular complexity index is 241. The van der Waals surface area contributed by atoms with Crippen LogP contribution in [-0.4, -0.2) is 13.1 Å². The molecule has 2 heteroatoms. The largest absolute Gasteiger partial charge is 0.316 e. The zero-order valence-electron chi connectivity index (χ0n) is 9.31. The van der Waals surface area contributed by atoms with Gasteiger partial charge >= 0.3 is 0 Å². The first-order valence-corrected chi connectivity index (χ1v) is 5.34. The second-order valence-corrected chi connectivity index (χ2v) is 4.46. The number of rotatable bonds is 4. The molecular formula is C12H20FN. The molecule has 0 bridgehead atoms. The highest BCUT2D eigenvalue weighted by molar-refractivity contribution is 5.24. The van der Waals surface area contributed by atoms with Crippen LogP contribution in [0.1, 0.15) is 27.2 Å². The smallest absolute Gasteiger partial charge is 0.119 e. The fourth-order valence-electron chi connectivity index (χ4n) is 1.63. The van der Waals surface area contributed by atoms with Crippen LogP contribution >= 0.6 is 0 Å². The third kappa shape index (κ3) is 3.62. The predicted octanol–water partition coefficient (Wildman–Crippen LogP) is 3.05. The maximum atomic E-state index is 12.8. The molecule has 1 N–H and O–H groups in total. The third-order valence-corrected chi connectivity index (χ3v) is 2.55. The number of halogens is 1. The molecule has 0 aromatic rings. The monoisotopic (exact) mass is 197 g/mol. The summed E-state index contributed by atoms with van der Waals surface area (Å²) in [6, 6.07) is 0. The highest BCUT2D eigenvalue weighted by atomic mass is 19.1. The van der Waals surface area contributed by atoms with E-state index < -0.39 is 0 Å². The van der Waals surface area contributed by atoms with E-state index in [4.69, 9.17) is 0 Å². The van der Waals surface area contributed by atoms with Crippen molar-refractivity contribution < 1.29 is 4.39 Å². The summed E-state index contributed by atoms with van der Waals surface area (Å²) in [5, 5.41) is 3.41. The summed E-state index contributed by atoms with van der Waals surface area (Å²) in [5.74, 6) is 1.08. The van der Waals surface area contributed by atoms with E-state index in [-0.39, 0.29) is 5.83 Å². The van der Waals surface area contributed by atoms with Crippen molar-refractivity contribution >= 4 is 0 Å². The van der Waals surface area contributed by atoms with Gasteiger partial charge in [0.25, 0.3) is 0 Å². The van der Waals surface area contributed by atoms with Gasteiger partial charge in [-0.2, -0.15) is 0 Å². The topological polar surface area (TPSA) is 12.0 Å². The summed E-state index contributed by atoms with van der Waals surface area (Å²) in [5.41, 5.74) is 1.15. The van der Waals surface area contributed by atoms with E-state index in [1.807, 2.05) is 6.92 Å². The minimum absolute atomic E-state index is 0.0809. The summed E-state index contributed by atoms with van der Waals surface area (Å²) < 4.78 is 12.8. The molecule has 0 spiro atoms. The fraction of sp³-hybridized carbons (Fsp3) is 0.667. The Kier molecular flexibility index (Phi) is 4.33. The molecule has 1 aliphatic rings. The Labute approximate surface area is 86.1 Å². The van der Waals surface area contributed by atoms with Crippen LogP contribution in [0, 0.1) is 11.8 Å². The normalized spacial score (nSPS) is 22.2. The van der Waals surface area contributed by atoms with E-state index in [0.717, 1.165) is 25.1 Å². The molecule has 0 heterocycles. The molecular weight excluding hydrogens is 177 g/mol. The van der Waals surface area contributed by atoms with Crippen LogP contribution in [0.5, 0.6) is 0 Å². The van der Waals surface area contributed by atoms with Crippen LogP contribution < -0.4 is 5.32 Å². The number of hydrogen-bond acceptors (Lipinski definition) is 1. The lowest BCUT2D eigenvalue weighted by molar-refractivity contribution is 0.482. The molecule has 1 unspecified atom stereocenters. The van der Waals surface area contributed by atoms with E-state index in [2.05, 4.69) is 19.2 Å². The summed E-state index contributed by atoms with van der Waals surface area (Å²) in [7, 11) is 0. The van der Waals surface area contributed by atoms with Gasteiger partial charge in [-0.1, -0.05) is 19.4 Å². The number of nitrogens with one attached hydrogen (secondary N) is 1. The number of allylic oxidation sites excluding steroid dienone is 3. The van der Waals surface area contributed by atoms with Gasteiger partial charge in [-0.25, -0.2) is 4.39 Å². The predicted molar refractivity (Wildman–Crippen MR) is 58.8 cm³/mol. The van der Waals surface area contributed by atoms with Gasteiger partial charge in [0.15, 0.2) is 0 Å². The second kappa shape index (κ2) is 5.30. The Hall–Kier alpha value is -0.630. The van der Waals surface area contributed by atoms with Gasteiger partial charge in [0.05, 0.1) is 0 Å². The van der Waals surface area contributed by atoms with Crippen molar-refractivity contribution in [3.8, 4) is 0 Å². The van der Waals surface area contributed by atoms with Crippen LogP contribution in [0.15, 0.2) is 23.6 Å². The fourth-order valence-corrected chi connectivity index (χ4v) is 1.63. The molecule has 0 aromatic carbocycles. The molecule has 1 nitrogen and oxygen atoms in total. The van der Waals surface area contributed by atoms with Crippen molar-refractivity contribution in [2.75, 3.05) is 13.1 Å². The van der Waals surface area contributed by atoms with Gasteiger partial charge in [0.1, 0.15) is 5.83 Å². The van der Waals surface area contributed by atoms with Crippen molar-refractivity contribution in [2.24, 2.45) is 11.8 Å². The van der Waals surface area contributed by atoms with Gasteiger partial charge in [0, 0.05) is 6.54 Å². The summed E-state index contributed by atoms with van der Waals surface area (Å²) in [6.07, 6.45) is 4.15. The van der Waals surface area contributed by atoms with Crippen molar-refractivity contribution in [2.45, 2.75) is 27.2 Å². The lowest BCUT2D eigenvalue weighted by atomic mass is 9.92. The van der Waals surface area contributed by atoms with Crippen LogP contribution in [0.4, 0.5) is 4.39 Å². The SMILES string of the molecule is CC1=CC(F)=CCC1CNCC(C)C. The summed E-state index contributed by atoms with van der Waals surface area (Å²) in [6.45, 7) is 8.39. The summed E-state index contributed by atoms with van der Waals surface area (Å²) >= 11 is 0. The van der Waals surface area contributed by atoms with Gasteiger partial charge in [-0.3, -0.25) is 0 Å². The molecule has 1 rings (SSSR count). The first-order valence-electron chi connectivity index (χ1n) is 5.34. The van der Waals surface area contributed by atoms with E-state index in [9.17, 15) is 4.39 Å². The molecule has 1 atom stereocenters. The molecule has 14 heavy (non-hydrogen) atoms. The first-order chi connectivity index (χ1) is 6.59. The molecule has 0 aromatic heterocycles. The van der Waals surface area contributed by atoms with Crippen molar-refractivity contribution in [3.63, 3.8) is 0 Å². The maximum Gasteiger partial charge on any atom is 0.119 e. The van der Waals surface area contributed by atoms with Gasteiger partial charge in [0.2, 0.25) is 0 Å².